The van der Waals surface area contributed by atoms with Gasteiger partial charge in [-0.3, -0.25) is 4.79 Å². The van der Waals surface area contributed by atoms with Crippen molar-refractivity contribution in [1.29, 1.82) is 0 Å². The quantitative estimate of drug-likeness (QED) is 0.783. The van der Waals surface area contributed by atoms with Crippen LogP contribution in [-0.4, -0.2) is 44.9 Å². The molecule has 1 aromatic heterocycles. The SMILES string of the molecule is CC(C)NCc1cn(CC(=O)N2CCC2)nn1. The van der Waals surface area contributed by atoms with E-state index in [0.717, 1.165) is 25.2 Å². The highest BCUT2D eigenvalue weighted by atomic mass is 16.2. The smallest absolute Gasteiger partial charge is 0.244 e. The molecule has 0 aromatic carbocycles. The average molecular weight is 237 g/mol. The highest BCUT2D eigenvalue weighted by molar-refractivity contribution is 5.76. The van der Waals surface area contributed by atoms with Crippen LogP contribution in [0, 0.1) is 0 Å². The van der Waals surface area contributed by atoms with E-state index in [2.05, 4.69) is 29.5 Å². The van der Waals surface area contributed by atoms with Gasteiger partial charge < -0.3 is 10.2 Å². The molecule has 1 saturated heterocycles. The zero-order chi connectivity index (χ0) is 12.3. The van der Waals surface area contributed by atoms with Crippen LogP contribution in [0.5, 0.6) is 0 Å². The molecule has 2 rings (SSSR count). The van der Waals surface area contributed by atoms with Crippen LogP contribution in [0.25, 0.3) is 0 Å². The first kappa shape index (κ1) is 12.0. The van der Waals surface area contributed by atoms with Gasteiger partial charge in [0.1, 0.15) is 6.54 Å². The normalized spacial score (nSPS) is 15.1. The van der Waals surface area contributed by atoms with Crippen LogP contribution >= 0.6 is 0 Å². The predicted molar refractivity (Wildman–Crippen MR) is 63.2 cm³/mol. The minimum atomic E-state index is 0.129. The van der Waals surface area contributed by atoms with Gasteiger partial charge in [0.2, 0.25) is 5.91 Å². The molecule has 94 valence electrons. The maximum atomic E-state index is 11.7. The Hall–Kier alpha value is -1.43. The number of nitrogens with zero attached hydrogens (tertiary/aromatic N) is 4. The number of rotatable bonds is 5. The Morgan fingerprint density at radius 2 is 2.29 bits per heavy atom. The Morgan fingerprint density at radius 3 is 2.88 bits per heavy atom. The summed E-state index contributed by atoms with van der Waals surface area (Å²) in [6.45, 7) is 6.92. The van der Waals surface area contributed by atoms with E-state index in [-0.39, 0.29) is 5.91 Å². The zero-order valence-electron chi connectivity index (χ0n) is 10.4. The number of carbonyl (C=O) groups is 1. The standard InChI is InChI=1S/C11H19N5O/c1-9(2)12-6-10-7-16(14-13-10)8-11(17)15-4-3-5-15/h7,9,12H,3-6,8H2,1-2H3. The second kappa shape index (κ2) is 5.27. The largest absolute Gasteiger partial charge is 0.341 e. The molecule has 1 aromatic rings. The number of nitrogens with one attached hydrogen (secondary N) is 1. The van der Waals surface area contributed by atoms with E-state index in [1.807, 2.05) is 11.1 Å². The van der Waals surface area contributed by atoms with Crippen molar-refractivity contribution in [3.05, 3.63) is 11.9 Å². The maximum absolute atomic E-state index is 11.7. The molecule has 1 N–H and O–H groups in total. The van der Waals surface area contributed by atoms with E-state index in [1.54, 1.807) is 4.68 Å². The first-order valence-corrected chi connectivity index (χ1v) is 6.05. The summed E-state index contributed by atoms with van der Waals surface area (Å²) in [7, 11) is 0. The molecule has 2 heterocycles. The second-order valence-corrected chi connectivity index (χ2v) is 4.68. The third-order valence-electron chi connectivity index (χ3n) is 2.78. The molecule has 0 radical (unpaired) electrons. The van der Waals surface area contributed by atoms with Gasteiger partial charge in [-0.25, -0.2) is 4.68 Å². The Labute approximate surface area is 101 Å². The summed E-state index contributed by atoms with van der Waals surface area (Å²) in [5, 5.41) is 11.2. The fourth-order valence-electron chi connectivity index (χ4n) is 1.61. The minimum absolute atomic E-state index is 0.129. The van der Waals surface area contributed by atoms with Crippen molar-refractivity contribution in [1.82, 2.24) is 25.2 Å². The summed E-state index contributed by atoms with van der Waals surface area (Å²) in [6.07, 6.45) is 2.94. The third-order valence-corrected chi connectivity index (χ3v) is 2.78. The molecule has 1 aliphatic heterocycles. The van der Waals surface area contributed by atoms with Crippen LogP contribution in [0.2, 0.25) is 0 Å². The topological polar surface area (TPSA) is 63.1 Å². The van der Waals surface area contributed by atoms with Crippen molar-refractivity contribution in [3.63, 3.8) is 0 Å². The van der Waals surface area contributed by atoms with Crippen molar-refractivity contribution in [3.8, 4) is 0 Å². The lowest BCUT2D eigenvalue weighted by Gasteiger charge is -2.30. The van der Waals surface area contributed by atoms with Gasteiger partial charge in [-0.1, -0.05) is 19.1 Å². The van der Waals surface area contributed by atoms with E-state index in [4.69, 9.17) is 0 Å². The molecule has 0 saturated carbocycles. The van der Waals surface area contributed by atoms with Gasteiger partial charge in [0, 0.05) is 25.7 Å². The van der Waals surface area contributed by atoms with Crippen LogP contribution < -0.4 is 5.32 Å². The molecular formula is C11H19N5O. The number of likely N-dealkylation sites (tertiary alicyclic amines) is 1. The molecule has 0 atom stereocenters. The summed E-state index contributed by atoms with van der Waals surface area (Å²) in [4.78, 5) is 13.5. The monoisotopic (exact) mass is 237 g/mol. The molecule has 6 heteroatoms. The fourth-order valence-corrected chi connectivity index (χ4v) is 1.61. The van der Waals surface area contributed by atoms with Gasteiger partial charge >= 0.3 is 0 Å². The summed E-state index contributed by atoms with van der Waals surface area (Å²) < 4.78 is 1.61. The van der Waals surface area contributed by atoms with Crippen molar-refractivity contribution in [2.45, 2.75) is 39.4 Å². The molecule has 0 aliphatic carbocycles. The highest BCUT2D eigenvalue weighted by Gasteiger charge is 2.20. The van der Waals surface area contributed by atoms with Crippen molar-refractivity contribution in [2.24, 2.45) is 0 Å². The molecule has 1 aliphatic rings. The van der Waals surface area contributed by atoms with Crippen LogP contribution in [0.1, 0.15) is 26.0 Å². The van der Waals surface area contributed by atoms with Crippen LogP contribution in [0.15, 0.2) is 6.20 Å². The molecular weight excluding hydrogens is 218 g/mol. The zero-order valence-corrected chi connectivity index (χ0v) is 10.4. The van der Waals surface area contributed by atoms with Crippen molar-refractivity contribution in [2.75, 3.05) is 13.1 Å². The number of hydrogen-bond acceptors (Lipinski definition) is 4. The molecule has 0 bridgehead atoms. The molecule has 0 unspecified atom stereocenters. The Kier molecular flexibility index (Phi) is 3.73. The number of carbonyl (C=O) groups excluding carboxylic acids is 1. The van der Waals surface area contributed by atoms with E-state index in [0.29, 0.717) is 19.1 Å². The van der Waals surface area contributed by atoms with Gasteiger partial charge in [0.05, 0.1) is 11.9 Å². The Balaban J connectivity index is 1.82. The lowest BCUT2D eigenvalue weighted by atomic mass is 10.2. The predicted octanol–water partition coefficient (Wildman–Crippen LogP) is 0.00840. The van der Waals surface area contributed by atoms with Crippen LogP contribution in [-0.2, 0) is 17.9 Å². The third kappa shape index (κ3) is 3.26. The first-order chi connectivity index (χ1) is 8.15. The molecule has 1 amide bonds. The molecule has 17 heavy (non-hydrogen) atoms. The minimum Gasteiger partial charge on any atom is -0.341 e. The van der Waals surface area contributed by atoms with Crippen LogP contribution in [0.3, 0.4) is 0 Å². The molecule has 1 fully saturated rings. The molecule has 6 nitrogen and oxygen atoms in total. The Bertz CT molecular complexity index is 383. The van der Waals surface area contributed by atoms with E-state index in [1.165, 1.54) is 0 Å². The van der Waals surface area contributed by atoms with Crippen LogP contribution in [0.4, 0.5) is 0 Å². The number of amides is 1. The van der Waals surface area contributed by atoms with Gasteiger partial charge in [0.15, 0.2) is 0 Å². The summed E-state index contributed by atoms with van der Waals surface area (Å²) in [5.41, 5.74) is 0.870. The summed E-state index contributed by atoms with van der Waals surface area (Å²) in [6, 6.07) is 0.419. The van der Waals surface area contributed by atoms with Crippen molar-refractivity contribution >= 4 is 5.91 Å². The van der Waals surface area contributed by atoms with Gasteiger partial charge in [-0.15, -0.1) is 5.10 Å². The first-order valence-electron chi connectivity index (χ1n) is 6.05. The van der Waals surface area contributed by atoms with E-state index < -0.39 is 0 Å². The molecule has 0 spiro atoms. The van der Waals surface area contributed by atoms with Crippen molar-refractivity contribution < 1.29 is 4.79 Å². The Morgan fingerprint density at radius 1 is 1.53 bits per heavy atom. The lowest BCUT2D eigenvalue weighted by Crippen LogP contribution is -2.43. The van der Waals surface area contributed by atoms with E-state index in [9.17, 15) is 4.79 Å². The van der Waals surface area contributed by atoms with Gasteiger partial charge in [-0.05, 0) is 6.42 Å². The summed E-state index contributed by atoms with van der Waals surface area (Å²) in [5.74, 6) is 0.129. The van der Waals surface area contributed by atoms with Gasteiger partial charge in [-0.2, -0.15) is 0 Å². The average Bonchev–Trinajstić information content (AvgIpc) is 2.59. The lowest BCUT2D eigenvalue weighted by molar-refractivity contribution is -0.135. The number of aromatic nitrogens is 3. The number of hydrogen-bond donors (Lipinski definition) is 1. The fraction of sp³-hybridized carbons (Fsp3) is 0.727. The van der Waals surface area contributed by atoms with E-state index >= 15 is 0 Å². The maximum Gasteiger partial charge on any atom is 0.244 e. The second-order valence-electron chi connectivity index (χ2n) is 4.68. The highest BCUT2D eigenvalue weighted by Crippen LogP contribution is 2.06. The van der Waals surface area contributed by atoms with Gasteiger partial charge in [0.25, 0.3) is 0 Å². The summed E-state index contributed by atoms with van der Waals surface area (Å²) >= 11 is 0.